The Morgan fingerprint density at radius 1 is 0.645 bits per heavy atom. The van der Waals surface area contributed by atoms with Crippen LogP contribution in [0.4, 0.5) is 0 Å². The number of rotatable bonds is 4. The molecular formula is C28H30O3. The van der Waals surface area contributed by atoms with Gasteiger partial charge in [0.2, 0.25) is 0 Å². The molecule has 1 heterocycles. The van der Waals surface area contributed by atoms with Crippen molar-refractivity contribution in [1.82, 2.24) is 0 Å². The molecule has 0 saturated heterocycles. The molecule has 0 aliphatic rings. The predicted octanol–water partition coefficient (Wildman–Crippen LogP) is 7.63. The van der Waals surface area contributed by atoms with Crippen LogP contribution in [0.15, 0.2) is 40.8 Å². The van der Waals surface area contributed by atoms with Gasteiger partial charge < -0.3 is 13.9 Å². The van der Waals surface area contributed by atoms with E-state index in [1.807, 2.05) is 18.2 Å². The normalized spacial score (nSPS) is 11.2. The molecule has 3 nitrogen and oxygen atoms in total. The van der Waals surface area contributed by atoms with Gasteiger partial charge in [-0.25, -0.2) is 0 Å². The molecule has 0 bridgehead atoms. The molecule has 0 saturated carbocycles. The van der Waals surface area contributed by atoms with Crippen LogP contribution in [0, 0.1) is 41.5 Å². The summed E-state index contributed by atoms with van der Waals surface area (Å²) in [6.45, 7) is 13.0. The average Bonchev–Trinajstić information content (AvgIpc) is 3.11. The number of hydrogen-bond acceptors (Lipinski definition) is 3. The quantitative estimate of drug-likeness (QED) is 0.344. The molecule has 0 N–H and O–H groups in total. The molecule has 0 atom stereocenters. The van der Waals surface area contributed by atoms with E-state index in [4.69, 9.17) is 13.9 Å². The summed E-state index contributed by atoms with van der Waals surface area (Å²) in [5.41, 5.74) is 11.7. The van der Waals surface area contributed by atoms with Crippen molar-refractivity contribution in [2.45, 2.75) is 41.5 Å². The van der Waals surface area contributed by atoms with Gasteiger partial charge in [0.05, 0.1) is 14.2 Å². The average molecular weight is 415 g/mol. The smallest absolute Gasteiger partial charge is 0.161 e. The summed E-state index contributed by atoms with van der Waals surface area (Å²) >= 11 is 0. The first kappa shape index (κ1) is 21.0. The van der Waals surface area contributed by atoms with Crippen LogP contribution in [0.5, 0.6) is 11.5 Å². The van der Waals surface area contributed by atoms with E-state index in [1.54, 1.807) is 14.2 Å². The summed E-state index contributed by atoms with van der Waals surface area (Å²) in [4.78, 5) is 0. The monoisotopic (exact) mass is 414 g/mol. The molecule has 0 aliphatic heterocycles. The van der Waals surface area contributed by atoms with Crippen molar-refractivity contribution >= 4 is 11.0 Å². The zero-order valence-corrected chi connectivity index (χ0v) is 19.7. The Balaban J connectivity index is 2.16. The third kappa shape index (κ3) is 3.38. The van der Waals surface area contributed by atoms with Gasteiger partial charge in [-0.2, -0.15) is 0 Å². The van der Waals surface area contributed by atoms with Gasteiger partial charge in [0.1, 0.15) is 11.3 Å². The second kappa shape index (κ2) is 7.81. The molecule has 0 aliphatic carbocycles. The van der Waals surface area contributed by atoms with Gasteiger partial charge in [0.25, 0.3) is 0 Å². The Morgan fingerprint density at radius 2 is 1.29 bits per heavy atom. The summed E-state index contributed by atoms with van der Waals surface area (Å²) < 4.78 is 17.7. The van der Waals surface area contributed by atoms with Gasteiger partial charge in [-0.3, -0.25) is 0 Å². The maximum atomic E-state index is 6.65. The summed E-state index contributed by atoms with van der Waals surface area (Å²) in [6, 6.07) is 12.7. The Kier molecular flexibility index (Phi) is 5.30. The van der Waals surface area contributed by atoms with Crippen molar-refractivity contribution < 1.29 is 13.9 Å². The Bertz CT molecular complexity index is 1290. The second-order valence-electron chi connectivity index (χ2n) is 8.49. The highest BCUT2D eigenvalue weighted by Gasteiger charge is 2.24. The minimum atomic E-state index is 0.688. The molecule has 0 spiro atoms. The first-order valence-corrected chi connectivity index (χ1v) is 10.6. The van der Waals surface area contributed by atoms with Gasteiger partial charge >= 0.3 is 0 Å². The molecule has 0 fully saturated rings. The number of hydrogen-bond donors (Lipinski definition) is 0. The maximum absolute atomic E-state index is 6.65. The van der Waals surface area contributed by atoms with Crippen LogP contribution < -0.4 is 9.47 Å². The molecule has 1 aromatic heterocycles. The lowest BCUT2D eigenvalue weighted by Crippen LogP contribution is -1.94. The van der Waals surface area contributed by atoms with Crippen LogP contribution in [0.1, 0.15) is 33.4 Å². The van der Waals surface area contributed by atoms with E-state index >= 15 is 0 Å². The van der Waals surface area contributed by atoms with Gasteiger partial charge in [0, 0.05) is 16.5 Å². The van der Waals surface area contributed by atoms with Crippen molar-refractivity contribution in [3.05, 3.63) is 69.8 Å². The SMILES string of the molecule is COc1ccc(-c2oc3c(C)c(C)cc(C)c3c2-c2c(C)cc(C)cc2C)cc1OC. The number of fused-ring (bicyclic) bond motifs is 1. The Labute approximate surface area is 184 Å². The highest BCUT2D eigenvalue weighted by atomic mass is 16.5. The van der Waals surface area contributed by atoms with Crippen molar-refractivity contribution in [2.75, 3.05) is 14.2 Å². The molecule has 4 rings (SSSR count). The fourth-order valence-electron chi connectivity index (χ4n) is 4.75. The zero-order chi connectivity index (χ0) is 22.4. The molecule has 0 radical (unpaired) electrons. The predicted molar refractivity (Wildman–Crippen MR) is 129 cm³/mol. The highest BCUT2D eigenvalue weighted by molar-refractivity contribution is 6.06. The summed E-state index contributed by atoms with van der Waals surface area (Å²) in [7, 11) is 3.31. The lowest BCUT2D eigenvalue weighted by atomic mass is 9.88. The summed E-state index contributed by atoms with van der Waals surface area (Å²) in [6.07, 6.45) is 0. The second-order valence-corrected chi connectivity index (χ2v) is 8.49. The molecule has 4 aromatic rings. The lowest BCUT2D eigenvalue weighted by molar-refractivity contribution is 0.355. The molecule has 31 heavy (non-hydrogen) atoms. The Hall–Kier alpha value is -3.20. The fraction of sp³-hybridized carbons (Fsp3) is 0.286. The van der Waals surface area contributed by atoms with Gasteiger partial charge in [-0.05, 0) is 93.1 Å². The molecular weight excluding hydrogens is 384 g/mol. The van der Waals surface area contributed by atoms with Crippen LogP contribution in [0.3, 0.4) is 0 Å². The summed E-state index contributed by atoms with van der Waals surface area (Å²) in [5.74, 6) is 2.26. The van der Waals surface area contributed by atoms with E-state index in [0.717, 1.165) is 22.5 Å². The lowest BCUT2D eigenvalue weighted by Gasteiger charge is -2.14. The molecule has 3 heteroatoms. The van der Waals surface area contributed by atoms with Gasteiger partial charge in [0.15, 0.2) is 11.5 Å². The highest BCUT2D eigenvalue weighted by Crippen LogP contribution is 2.47. The van der Waals surface area contributed by atoms with Crippen LogP contribution in [-0.4, -0.2) is 14.2 Å². The topological polar surface area (TPSA) is 31.6 Å². The van der Waals surface area contributed by atoms with Crippen LogP contribution in [-0.2, 0) is 0 Å². The summed E-state index contributed by atoms with van der Waals surface area (Å²) in [5, 5.41) is 1.18. The zero-order valence-electron chi connectivity index (χ0n) is 19.7. The van der Waals surface area contributed by atoms with Crippen LogP contribution >= 0.6 is 0 Å². The van der Waals surface area contributed by atoms with Crippen LogP contribution in [0.2, 0.25) is 0 Å². The third-order valence-corrected chi connectivity index (χ3v) is 6.24. The number of aryl methyl sites for hydroxylation is 6. The molecule has 0 unspecified atom stereocenters. The largest absolute Gasteiger partial charge is 0.493 e. The first-order valence-electron chi connectivity index (χ1n) is 10.6. The van der Waals surface area contributed by atoms with Crippen molar-refractivity contribution in [1.29, 1.82) is 0 Å². The third-order valence-electron chi connectivity index (χ3n) is 6.24. The van der Waals surface area contributed by atoms with Gasteiger partial charge in [-0.15, -0.1) is 0 Å². The minimum Gasteiger partial charge on any atom is -0.493 e. The van der Waals surface area contributed by atoms with E-state index in [9.17, 15) is 0 Å². The maximum Gasteiger partial charge on any atom is 0.161 e. The standard InChI is InChI=1S/C28H30O3/c1-15-11-17(3)24(18(4)12-15)26-25-19(5)13-16(2)20(6)27(25)31-28(26)21-9-10-22(29-7)23(14-21)30-8/h9-14H,1-8H3. The molecule has 3 aromatic carbocycles. The van der Waals surface area contributed by atoms with E-state index in [2.05, 4.69) is 59.7 Å². The number of benzene rings is 3. The van der Waals surface area contributed by atoms with Crippen LogP contribution in [0.25, 0.3) is 33.4 Å². The van der Waals surface area contributed by atoms with Crippen molar-refractivity contribution in [3.63, 3.8) is 0 Å². The number of methoxy groups -OCH3 is 2. The fourth-order valence-corrected chi connectivity index (χ4v) is 4.75. The van der Waals surface area contributed by atoms with E-state index in [-0.39, 0.29) is 0 Å². The minimum absolute atomic E-state index is 0.688. The van der Waals surface area contributed by atoms with E-state index in [1.165, 1.54) is 44.3 Å². The van der Waals surface area contributed by atoms with Crippen molar-refractivity contribution in [2.24, 2.45) is 0 Å². The molecule has 160 valence electrons. The van der Waals surface area contributed by atoms with Gasteiger partial charge in [-0.1, -0.05) is 23.8 Å². The van der Waals surface area contributed by atoms with Crippen molar-refractivity contribution in [3.8, 4) is 33.9 Å². The number of ether oxygens (including phenoxy) is 2. The first-order chi connectivity index (χ1) is 14.8. The van der Waals surface area contributed by atoms with E-state index in [0.29, 0.717) is 11.5 Å². The van der Waals surface area contributed by atoms with E-state index < -0.39 is 0 Å². The Morgan fingerprint density at radius 3 is 1.90 bits per heavy atom. The number of furan rings is 1. The molecule has 0 amide bonds.